The zero-order valence-corrected chi connectivity index (χ0v) is 17.8. The van der Waals surface area contributed by atoms with Gasteiger partial charge in [-0.3, -0.25) is 9.36 Å². The quantitative estimate of drug-likeness (QED) is 0.648. The number of methoxy groups -OCH3 is 1. The van der Waals surface area contributed by atoms with E-state index in [-0.39, 0.29) is 22.9 Å². The van der Waals surface area contributed by atoms with Crippen LogP contribution in [-0.2, 0) is 5.41 Å². The number of hydrogen-bond donors (Lipinski definition) is 1. The van der Waals surface area contributed by atoms with E-state index in [1.165, 1.54) is 18.9 Å². The van der Waals surface area contributed by atoms with Crippen molar-refractivity contribution in [2.45, 2.75) is 38.0 Å². The van der Waals surface area contributed by atoms with Crippen LogP contribution in [0.15, 0.2) is 43.0 Å². The molecule has 1 aromatic carbocycles. The Morgan fingerprint density at radius 1 is 1.23 bits per heavy atom. The number of imidazole rings is 1. The van der Waals surface area contributed by atoms with Gasteiger partial charge >= 0.3 is 0 Å². The Hall–Kier alpha value is -2.93. The molecular weight excluding hydrogens is 402 g/mol. The number of rotatable bonds is 6. The Morgan fingerprint density at radius 3 is 2.60 bits per heavy atom. The molecule has 0 spiro atoms. The van der Waals surface area contributed by atoms with Gasteiger partial charge in [0.2, 0.25) is 5.82 Å². The van der Waals surface area contributed by atoms with E-state index in [9.17, 15) is 4.79 Å². The molecule has 0 bridgehead atoms. The highest BCUT2D eigenvalue weighted by atomic mass is 35.5. The SMILES string of the molecule is COc1nc(C(=O)NCC2(c3ccc(Cl)cc3)CCCC2)cnc1-n1cnc(C)c1. The molecule has 2 aromatic heterocycles. The number of ether oxygens (including phenoxy) is 1. The highest BCUT2D eigenvalue weighted by molar-refractivity contribution is 6.30. The van der Waals surface area contributed by atoms with Gasteiger partial charge in [0.05, 0.1) is 19.0 Å². The predicted molar refractivity (Wildman–Crippen MR) is 114 cm³/mol. The first-order chi connectivity index (χ1) is 14.5. The normalized spacial score (nSPS) is 15.2. The van der Waals surface area contributed by atoms with Crippen LogP contribution in [0.4, 0.5) is 0 Å². The number of aryl methyl sites for hydroxylation is 1. The molecule has 4 rings (SSSR count). The number of aromatic nitrogens is 4. The smallest absolute Gasteiger partial charge is 0.271 e. The van der Waals surface area contributed by atoms with Crippen molar-refractivity contribution < 1.29 is 9.53 Å². The molecule has 1 aliphatic carbocycles. The van der Waals surface area contributed by atoms with Crippen molar-refractivity contribution in [2.75, 3.05) is 13.7 Å². The number of amides is 1. The fourth-order valence-electron chi connectivity index (χ4n) is 4.09. The molecule has 30 heavy (non-hydrogen) atoms. The minimum absolute atomic E-state index is 0.0773. The van der Waals surface area contributed by atoms with E-state index in [1.54, 1.807) is 10.9 Å². The highest BCUT2D eigenvalue weighted by Gasteiger charge is 2.36. The van der Waals surface area contributed by atoms with Gasteiger partial charge < -0.3 is 10.1 Å². The summed E-state index contributed by atoms with van der Waals surface area (Å²) >= 11 is 6.06. The molecule has 0 radical (unpaired) electrons. The van der Waals surface area contributed by atoms with Crippen LogP contribution >= 0.6 is 11.6 Å². The number of benzene rings is 1. The van der Waals surface area contributed by atoms with Crippen molar-refractivity contribution in [1.29, 1.82) is 0 Å². The van der Waals surface area contributed by atoms with E-state index in [0.717, 1.165) is 31.4 Å². The van der Waals surface area contributed by atoms with E-state index >= 15 is 0 Å². The van der Waals surface area contributed by atoms with E-state index in [1.807, 2.05) is 25.3 Å². The fourth-order valence-corrected chi connectivity index (χ4v) is 4.22. The topological polar surface area (TPSA) is 81.9 Å². The molecule has 156 valence electrons. The summed E-state index contributed by atoms with van der Waals surface area (Å²) in [5, 5.41) is 3.77. The monoisotopic (exact) mass is 425 g/mol. The van der Waals surface area contributed by atoms with Crippen molar-refractivity contribution in [3.05, 3.63) is 65.0 Å². The van der Waals surface area contributed by atoms with Crippen LogP contribution in [0.1, 0.15) is 47.4 Å². The molecule has 1 fully saturated rings. The molecule has 1 amide bonds. The molecule has 1 saturated carbocycles. The Morgan fingerprint density at radius 2 is 1.97 bits per heavy atom. The largest absolute Gasteiger partial charge is 0.478 e. The first-order valence-electron chi connectivity index (χ1n) is 9.97. The highest BCUT2D eigenvalue weighted by Crippen LogP contribution is 2.41. The third-order valence-electron chi connectivity index (χ3n) is 5.71. The Bertz CT molecular complexity index is 1040. The summed E-state index contributed by atoms with van der Waals surface area (Å²) in [7, 11) is 1.51. The minimum atomic E-state index is -0.269. The maximum absolute atomic E-state index is 12.8. The van der Waals surface area contributed by atoms with Gasteiger partial charge in [0.1, 0.15) is 6.33 Å². The number of carbonyl (C=O) groups is 1. The molecule has 0 unspecified atom stereocenters. The number of nitrogens with zero attached hydrogens (tertiary/aromatic N) is 4. The van der Waals surface area contributed by atoms with Gasteiger partial charge in [-0.15, -0.1) is 0 Å². The molecule has 0 atom stereocenters. The lowest BCUT2D eigenvalue weighted by molar-refractivity contribution is 0.0936. The van der Waals surface area contributed by atoms with Crippen molar-refractivity contribution in [2.24, 2.45) is 0 Å². The van der Waals surface area contributed by atoms with Crippen LogP contribution < -0.4 is 10.1 Å². The van der Waals surface area contributed by atoms with E-state index in [4.69, 9.17) is 16.3 Å². The Labute approximate surface area is 180 Å². The molecule has 0 saturated heterocycles. The summed E-state index contributed by atoms with van der Waals surface area (Å²) in [5.41, 5.74) is 2.20. The van der Waals surface area contributed by atoms with Crippen LogP contribution in [0.5, 0.6) is 5.88 Å². The number of carbonyl (C=O) groups excluding carboxylic acids is 1. The zero-order valence-electron chi connectivity index (χ0n) is 17.1. The molecular formula is C22H24ClN5O2. The van der Waals surface area contributed by atoms with Gasteiger partial charge in [0, 0.05) is 23.2 Å². The van der Waals surface area contributed by atoms with Crippen molar-refractivity contribution in [1.82, 2.24) is 24.8 Å². The standard InChI is InChI=1S/C22H24ClN5O2/c1-15-12-28(14-26-15)19-21(30-2)27-18(11-24-19)20(29)25-13-22(9-3-4-10-22)16-5-7-17(23)8-6-16/h5-8,11-12,14H,3-4,9-10,13H2,1-2H3,(H,25,29). The van der Waals surface area contributed by atoms with Gasteiger partial charge in [-0.25, -0.2) is 15.0 Å². The summed E-state index contributed by atoms with van der Waals surface area (Å²) in [4.78, 5) is 25.8. The number of nitrogens with one attached hydrogen (secondary N) is 1. The van der Waals surface area contributed by atoms with E-state index in [2.05, 4.69) is 32.4 Å². The summed E-state index contributed by atoms with van der Waals surface area (Å²) in [5.74, 6) is 0.491. The first-order valence-corrected chi connectivity index (χ1v) is 10.3. The number of hydrogen-bond acceptors (Lipinski definition) is 5. The lowest BCUT2D eigenvalue weighted by atomic mass is 9.79. The predicted octanol–water partition coefficient (Wildman–Crippen LogP) is 3.87. The average molecular weight is 426 g/mol. The second-order valence-electron chi connectivity index (χ2n) is 7.69. The third kappa shape index (κ3) is 4.03. The minimum Gasteiger partial charge on any atom is -0.478 e. The lowest BCUT2D eigenvalue weighted by Gasteiger charge is -2.30. The van der Waals surface area contributed by atoms with Gasteiger partial charge in [-0.2, -0.15) is 0 Å². The summed E-state index contributed by atoms with van der Waals surface area (Å²) in [6.07, 6.45) is 9.27. The van der Waals surface area contributed by atoms with Crippen LogP contribution in [0.2, 0.25) is 5.02 Å². The van der Waals surface area contributed by atoms with E-state index < -0.39 is 0 Å². The van der Waals surface area contributed by atoms with Crippen LogP contribution in [0.25, 0.3) is 5.82 Å². The second kappa shape index (κ2) is 8.44. The Kier molecular flexibility index (Phi) is 5.72. The first kappa shape index (κ1) is 20.3. The van der Waals surface area contributed by atoms with Crippen molar-refractivity contribution in [3.63, 3.8) is 0 Å². The van der Waals surface area contributed by atoms with Gasteiger partial charge in [-0.1, -0.05) is 36.6 Å². The maximum Gasteiger partial charge on any atom is 0.271 e. The summed E-state index contributed by atoms with van der Waals surface area (Å²) in [6.45, 7) is 2.43. The molecule has 7 nitrogen and oxygen atoms in total. The van der Waals surface area contributed by atoms with Crippen LogP contribution in [-0.4, -0.2) is 39.1 Å². The summed E-state index contributed by atoms with van der Waals surface area (Å²) < 4.78 is 7.08. The van der Waals surface area contributed by atoms with Crippen LogP contribution in [0.3, 0.4) is 0 Å². The molecule has 8 heteroatoms. The molecule has 1 aliphatic rings. The second-order valence-corrected chi connectivity index (χ2v) is 8.12. The third-order valence-corrected chi connectivity index (χ3v) is 5.96. The van der Waals surface area contributed by atoms with Crippen LogP contribution in [0, 0.1) is 6.92 Å². The maximum atomic E-state index is 12.8. The molecule has 2 heterocycles. The molecule has 0 aliphatic heterocycles. The zero-order chi connectivity index (χ0) is 21.1. The summed E-state index contributed by atoms with van der Waals surface area (Å²) in [6, 6.07) is 7.94. The average Bonchev–Trinajstić information content (AvgIpc) is 3.42. The molecule has 3 aromatic rings. The van der Waals surface area contributed by atoms with Crippen molar-refractivity contribution >= 4 is 17.5 Å². The lowest BCUT2D eigenvalue weighted by Crippen LogP contribution is -2.39. The number of halogens is 1. The Balaban J connectivity index is 1.52. The van der Waals surface area contributed by atoms with Gasteiger partial charge in [-0.05, 0) is 37.5 Å². The van der Waals surface area contributed by atoms with E-state index in [0.29, 0.717) is 17.4 Å². The van der Waals surface area contributed by atoms with Gasteiger partial charge in [0.15, 0.2) is 5.69 Å². The molecule has 1 N–H and O–H groups in total. The fraction of sp³-hybridized carbons (Fsp3) is 0.364. The van der Waals surface area contributed by atoms with Gasteiger partial charge in [0.25, 0.3) is 11.8 Å². The van der Waals surface area contributed by atoms with Crippen molar-refractivity contribution in [3.8, 4) is 11.7 Å².